The van der Waals surface area contributed by atoms with Crippen LogP contribution in [0.2, 0.25) is 0 Å². The first-order valence-electron chi connectivity index (χ1n) is 8.37. The Balaban J connectivity index is 1.61. The lowest BCUT2D eigenvalue weighted by atomic mass is 9.92. The van der Waals surface area contributed by atoms with Gasteiger partial charge in [-0.3, -0.25) is 9.80 Å². The predicted molar refractivity (Wildman–Crippen MR) is 89.8 cm³/mol. The zero-order chi connectivity index (χ0) is 16.2. The summed E-state index contributed by atoms with van der Waals surface area (Å²) in [7, 11) is 2.17. The van der Waals surface area contributed by atoms with Gasteiger partial charge in [-0.1, -0.05) is 42.4 Å². The topological polar surface area (TPSA) is 45.4 Å². The maximum atomic E-state index is 5.08. The van der Waals surface area contributed by atoms with E-state index in [1.54, 1.807) is 0 Å². The number of hydrogen-bond donors (Lipinski definition) is 0. The van der Waals surface area contributed by atoms with Gasteiger partial charge >= 0.3 is 0 Å². The molecular formula is C18H26N4O. The summed E-state index contributed by atoms with van der Waals surface area (Å²) in [6.07, 6.45) is 1.23. The van der Waals surface area contributed by atoms with Gasteiger partial charge in [-0.2, -0.15) is 4.98 Å². The molecule has 5 heteroatoms. The second kappa shape index (κ2) is 7.23. The van der Waals surface area contributed by atoms with Gasteiger partial charge in [-0.25, -0.2) is 0 Å². The second-order valence-electron chi connectivity index (χ2n) is 6.70. The minimum atomic E-state index is 0.520. The van der Waals surface area contributed by atoms with Gasteiger partial charge in [0.05, 0.1) is 6.54 Å². The number of likely N-dealkylation sites (tertiary alicyclic amines) is 1. The van der Waals surface area contributed by atoms with Crippen LogP contribution in [0.4, 0.5) is 0 Å². The number of likely N-dealkylation sites (N-methyl/N-ethyl adjacent to an activating group) is 1. The van der Waals surface area contributed by atoms with Crippen LogP contribution in [0.1, 0.15) is 30.6 Å². The number of benzene rings is 1. The van der Waals surface area contributed by atoms with Crippen molar-refractivity contribution in [1.29, 1.82) is 0 Å². The van der Waals surface area contributed by atoms with Crippen molar-refractivity contribution in [2.24, 2.45) is 5.92 Å². The highest BCUT2D eigenvalue weighted by molar-refractivity contribution is 5.14. The van der Waals surface area contributed by atoms with Crippen molar-refractivity contribution in [2.75, 3.05) is 20.1 Å². The molecule has 2 atom stereocenters. The Labute approximate surface area is 138 Å². The number of nitrogens with zero attached hydrogens (tertiary/aromatic N) is 4. The predicted octanol–water partition coefficient (Wildman–Crippen LogP) is 2.72. The highest BCUT2D eigenvalue weighted by Gasteiger charge is 2.29. The first-order valence-corrected chi connectivity index (χ1v) is 8.37. The van der Waals surface area contributed by atoms with Gasteiger partial charge in [0.2, 0.25) is 5.89 Å². The number of hydrogen-bond acceptors (Lipinski definition) is 5. The van der Waals surface area contributed by atoms with Gasteiger partial charge in [-0.05, 0) is 31.5 Å². The third-order valence-corrected chi connectivity index (χ3v) is 4.78. The molecule has 5 nitrogen and oxygen atoms in total. The Hall–Kier alpha value is -1.72. The molecule has 124 valence electrons. The van der Waals surface area contributed by atoms with Crippen molar-refractivity contribution in [1.82, 2.24) is 19.9 Å². The Morgan fingerprint density at radius 3 is 2.78 bits per heavy atom. The van der Waals surface area contributed by atoms with E-state index in [2.05, 4.69) is 64.2 Å². The molecule has 1 saturated heterocycles. The number of aromatic nitrogens is 2. The number of aryl methyl sites for hydroxylation is 1. The molecule has 2 aromatic rings. The molecule has 0 radical (unpaired) electrons. The molecule has 1 aromatic carbocycles. The number of rotatable bonds is 5. The van der Waals surface area contributed by atoms with E-state index in [4.69, 9.17) is 4.52 Å². The lowest BCUT2D eigenvalue weighted by Gasteiger charge is -2.41. The fourth-order valence-corrected chi connectivity index (χ4v) is 3.42. The summed E-state index contributed by atoms with van der Waals surface area (Å²) in [5.74, 6) is 2.09. The molecule has 0 bridgehead atoms. The molecule has 1 fully saturated rings. The average molecular weight is 314 g/mol. The van der Waals surface area contributed by atoms with Gasteiger partial charge in [0, 0.05) is 26.1 Å². The molecular weight excluding hydrogens is 288 g/mol. The van der Waals surface area contributed by atoms with E-state index in [0.717, 1.165) is 25.5 Å². The summed E-state index contributed by atoms with van der Waals surface area (Å²) in [4.78, 5) is 9.24. The van der Waals surface area contributed by atoms with E-state index < -0.39 is 0 Å². The smallest absolute Gasteiger partial charge is 0.223 e. The quantitative estimate of drug-likeness (QED) is 0.849. The maximum Gasteiger partial charge on any atom is 0.223 e. The van der Waals surface area contributed by atoms with E-state index in [1.807, 2.05) is 6.92 Å². The summed E-state index contributed by atoms with van der Waals surface area (Å²) >= 11 is 0. The Bertz CT molecular complexity index is 612. The molecule has 1 aliphatic rings. The first-order chi connectivity index (χ1) is 11.1. The van der Waals surface area contributed by atoms with Gasteiger partial charge in [-0.15, -0.1) is 0 Å². The minimum absolute atomic E-state index is 0.520. The highest BCUT2D eigenvalue weighted by Crippen LogP contribution is 2.23. The van der Waals surface area contributed by atoms with Crippen LogP contribution in [0.25, 0.3) is 0 Å². The zero-order valence-corrected chi connectivity index (χ0v) is 14.3. The largest absolute Gasteiger partial charge is 0.340 e. The lowest BCUT2D eigenvalue weighted by Crippen LogP contribution is -2.50. The fraction of sp³-hybridized carbons (Fsp3) is 0.556. The molecule has 2 heterocycles. The monoisotopic (exact) mass is 314 g/mol. The minimum Gasteiger partial charge on any atom is -0.340 e. The Morgan fingerprint density at radius 2 is 2.09 bits per heavy atom. The molecule has 0 saturated carbocycles. The molecule has 23 heavy (non-hydrogen) atoms. The molecule has 0 unspecified atom stereocenters. The van der Waals surface area contributed by atoms with Crippen LogP contribution in [0.15, 0.2) is 34.9 Å². The van der Waals surface area contributed by atoms with Crippen molar-refractivity contribution in [3.63, 3.8) is 0 Å². The standard InChI is InChI=1S/C18H26N4O/c1-14-9-10-22(11-16-7-5-4-6-8-16)12-17(14)21(3)13-18-19-15(2)23-20-18/h4-8,14,17H,9-13H2,1-3H3/t14-,17+/m1/s1. The molecule has 1 aromatic heterocycles. The average Bonchev–Trinajstić information content (AvgIpc) is 2.95. The van der Waals surface area contributed by atoms with E-state index in [1.165, 1.54) is 18.5 Å². The van der Waals surface area contributed by atoms with Gasteiger partial charge in [0.25, 0.3) is 0 Å². The number of piperidine rings is 1. The van der Waals surface area contributed by atoms with Crippen LogP contribution >= 0.6 is 0 Å². The summed E-state index contributed by atoms with van der Waals surface area (Å²) in [5.41, 5.74) is 1.39. The Morgan fingerprint density at radius 1 is 1.30 bits per heavy atom. The lowest BCUT2D eigenvalue weighted by molar-refractivity contribution is 0.0652. The second-order valence-corrected chi connectivity index (χ2v) is 6.70. The van der Waals surface area contributed by atoms with Gasteiger partial charge in [0.1, 0.15) is 0 Å². The van der Waals surface area contributed by atoms with Crippen LogP contribution in [-0.4, -0.2) is 46.1 Å². The summed E-state index contributed by atoms with van der Waals surface area (Å²) in [6, 6.07) is 11.2. The van der Waals surface area contributed by atoms with Crippen molar-refractivity contribution >= 4 is 0 Å². The molecule has 3 rings (SSSR count). The van der Waals surface area contributed by atoms with Crippen LogP contribution in [0, 0.1) is 12.8 Å². The van der Waals surface area contributed by atoms with E-state index in [-0.39, 0.29) is 0 Å². The van der Waals surface area contributed by atoms with Crippen LogP contribution in [0.5, 0.6) is 0 Å². The van der Waals surface area contributed by atoms with Crippen molar-refractivity contribution in [3.05, 3.63) is 47.6 Å². The Kier molecular flexibility index (Phi) is 5.08. The van der Waals surface area contributed by atoms with E-state index >= 15 is 0 Å². The van der Waals surface area contributed by atoms with Crippen molar-refractivity contribution in [2.45, 2.75) is 39.4 Å². The SMILES string of the molecule is Cc1nc(CN(C)[C@H]2CN(Cc3ccccc3)CC[C@H]2C)no1. The molecule has 1 aliphatic heterocycles. The van der Waals surface area contributed by atoms with Crippen molar-refractivity contribution in [3.8, 4) is 0 Å². The van der Waals surface area contributed by atoms with Crippen LogP contribution in [0.3, 0.4) is 0 Å². The summed E-state index contributed by atoms with van der Waals surface area (Å²) in [5, 5.41) is 4.02. The molecule has 0 spiro atoms. The first kappa shape index (κ1) is 16.1. The molecule has 0 N–H and O–H groups in total. The zero-order valence-electron chi connectivity index (χ0n) is 14.3. The van der Waals surface area contributed by atoms with Crippen molar-refractivity contribution < 1.29 is 4.52 Å². The van der Waals surface area contributed by atoms with Crippen LogP contribution < -0.4 is 0 Å². The fourth-order valence-electron chi connectivity index (χ4n) is 3.42. The maximum absolute atomic E-state index is 5.08. The summed E-state index contributed by atoms with van der Waals surface area (Å²) < 4.78 is 5.08. The normalized spacial score (nSPS) is 22.6. The highest BCUT2D eigenvalue weighted by atomic mass is 16.5. The third kappa shape index (κ3) is 4.18. The molecule has 0 amide bonds. The van der Waals surface area contributed by atoms with E-state index in [0.29, 0.717) is 17.9 Å². The summed E-state index contributed by atoms with van der Waals surface area (Å²) in [6.45, 7) is 8.21. The molecule has 0 aliphatic carbocycles. The van der Waals surface area contributed by atoms with Gasteiger partial charge < -0.3 is 4.52 Å². The van der Waals surface area contributed by atoms with Crippen LogP contribution in [-0.2, 0) is 13.1 Å². The third-order valence-electron chi connectivity index (χ3n) is 4.78. The van der Waals surface area contributed by atoms with Gasteiger partial charge in [0.15, 0.2) is 5.82 Å². The van der Waals surface area contributed by atoms with E-state index in [9.17, 15) is 0 Å².